The molecule has 0 fully saturated rings. The predicted molar refractivity (Wildman–Crippen MR) is 87.7 cm³/mol. The van der Waals surface area contributed by atoms with Crippen LogP contribution in [0.5, 0.6) is 5.75 Å². The van der Waals surface area contributed by atoms with E-state index in [-0.39, 0.29) is 5.91 Å². The summed E-state index contributed by atoms with van der Waals surface area (Å²) in [6.07, 6.45) is 1.69. The van der Waals surface area contributed by atoms with Gasteiger partial charge in [-0.05, 0) is 48.5 Å². The summed E-state index contributed by atoms with van der Waals surface area (Å²) in [6.45, 7) is 0. The zero-order chi connectivity index (χ0) is 15.5. The number of ether oxygens (including phenoxy) is 1. The second kappa shape index (κ2) is 6.03. The van der Waals surface area contributed by atoms with E-state index in [0.717, 1.165) is 5.39 Å². The molecule has 0 bridgehead atoms. The lowest BCUT2D eigenvalue weighted by atomic mass is 10.1. The number of fused-ring (bicyclic) bond motifs is 1. The summed E-state index contributed by atoms with van der Waals surface area (Å²) < 4.78 is 5.30. The highest BCUT2D eigenvalue weighted by molar-refractivity contribution is 6.30. The Hall–Kier alpha value is -2.59. The normalized spacial score (nSPS) is 10.5. The second-order valence-corrected chi connectivity index (χ2v) is 5.11. The molecule has 5 heteroatoms. The van der Waals surface area contributed by atoms with Gasteiger partial charge in [0.15, 0.2) is 0 Å². The van der Waals surface area contributed by atoms with Crippen LogP contribution in [0.3, 0.4) is 0 Å². The molecule has 0 atom stereocenters. The van der Waals surface area contributed by atoms with Gasteiger partial charge in [0.2, 0.25) is 0 Å². The van der Waals surface area contributed by atoms with Gasteiger partial charge in [0, 0.05) is 22.2 Å². The number of carbonyl (C=O) groups excluding carboxylic acids is 1. The largest absolute Gasteiger partial charge is 0.494 e. The molecule has 22 heavy (non-hydrogen) atoms. The van der Waals surface area contributed by atoms with E-state index in [9.17, 15) is 4.79 Å². The maximum atomic E-state index is 12.3. The minimum Gasteiger partial charge on any atom is -0.494 e. The number of pyridine rings is 1. The maximum absolute atomic E-state index is 12.3. The van der Waals surface area contributed by atoms with E-state index in [1.165, 1.54) is 0 Å². The van der Waals surface area contributed by atoms with Crippen molar-refractivity contribution < 1.29 is 9.53 Å². The van der Waals surface area contributed by atoms with Crippen LogP contribution >= 0.6 is 11.6 Å². The first-order valence-corrected chi connectivity index (χ1v) is 7.05. The van der Waals surface area contributed by atoms with Crippen molar-refractivity contribution in [3.8, 4) is 5.75 Å². The number of hydrogen-bond donors (Lipinski definition) is 1. The van der Waals surface area contributed by atoms with Crippen molar-refractivity contribution in [1.82, 2.24) is 4.98 Å². The molecule has 3 rings (SSSR count). The van der Waals surface area contributed by atoms with Gasteiger partial charge >= 0.3 is 0 Å². The molecule has 0 radical (unpaired) electrons. The smallest absolute Gasteiger partial charge is 0.255 e. The summed E-state index contributed by atoms with van der Waals surface area (Å²) in [7, 11) is 1.59. The van der Waals surface area contributed by atoms with E-state index >= 15 is 0 Å². The van der Waals surface area contributed by atoms with Crippen molar-refractivity contribution in [2.75, 3.05) is 12.4 Å². The van der Waals surface area contributed by atoms with Crippen molar-refractivity contribution in [1.29, 1.82) is 0 Å². The standard InChI is InChI=1S/C17H13ClN2O2/c1-22-15-9-8-14(13-3-2-10-19-16(13)15)20-17(21)11-4-6-12(18)7-5-11/h2-10H,1H3,(H,20,21). The molecule has 0 spiro atoms. The number of benzene rings is 2. The summed E-state index contributed by atoms with van der Waals surface area (Å²) in [5.41, 5.74) is 1.93. The lowest BCUT2D eigenvalue weighted by Crippen LogP contribution is -2.12. The number of rotatable bonds is 3. The molecule has 1 amide bonds. The Kier molecular flexibility index (Phi) is 3.94. The molecule has 0 aliphatic heterocycles. The number of halogens is 1. The fraction of sp³-hybridized carbons (Fsp3) is 0.0588. The molecule has 3 aromatic rings. The SMILES string of the molecule is COc1ccc(NC(=O)c2ccc(Cl)cc2)c2cccnc12. The van der Waals surface area contributed by atoms with E-state index < -0.39 is 0 Å². The molecule has 0 unspecified atom stereocenters. The highest BCUT2D eigenvalue weighted by Crippen LogP contribution is 2.30. The van der Waals surface area contributed by atoms with Crippen LogP contribution in [0.15, 0.2) is 54.7 Å². The third kappa shape index (κ3) is 2.73. The summed E-state index contributed by atoms with van der Waals surface area (Å²) >= 11 is 5.83. The molecule has 2 aromatic carbocycles. The fourth-order valence-electron chi connectivity index (χ4n) is 2.22. The maximum Gasteiger partial charge on any atom is 0.255 e. The van der Waals surface area contributed by atoms with Gasteiger partial charge in [0.1, 0.15) is 11.3 Å². The van der Waals surface area contributed by atoms with Gasteiger partial charge < -0.3 is 10.1 Å². The topological polar surface area (TPSA) is 51.2 Å². The molecular formula is C17H13ClN2O2. The lowest BCUT2D eigenvalue weighted by molar-refractivity contribution is 0.102. The van der Waals surface area contributed by atoms with Crippen LogP contribution in [0.2, 0.25) is 5.02 Å². The van der Waals surface area contributed by atoms with E-state index in [4.69, 9.17) is 16.3 Å². The monoisotopic (exact) mass is 312 g/mol. The molecule has 0 aliphatic rings. The quantitative estimate of drug-likeness (QED) is 0.790. The third-order valence-corrected chi connectivity index (χ3v) is 3.56. The van der Waals surface area contributed by atoms with Crippen LogP contribution < -0.4 is 10.1 Å². The first kappa shape index (κ1) is 14.4. The number of methoxy groups -OCH3 is 1. The number of nitrogens with zero attached hydrogens (tertiary/aromatic N) is 1. The van der Waals surface area contributed by atoms with Crippen molar-refractivity contribution in [2.24, 2.45) is 0 Å². The van der Waals surface area contributed by atoms with E-state index in [1.807, 2.05) is 12.1 Å². The molecule has 0 saturated carbocycles. The predicted octanol–water partition coefficient (Wildman–Crippen LogP) is 4.15. The van der Waals surface area contributed by atoms with Gasteiger partial charge in [-0.2, -0.15) is 0 Å². The lowest BCUT2D eigenvalue weighted by Gasteiger charge is -2.11. The van der Waals surface area contributed by atoms with Crippen molar-refractivity contribution in [3.63, 3.8) is 0 Å². The number of carbonyl (C=O) groups is 1. The van der Waals surface area contributed by atoms with E-state index in [0.29, 0.717) is 27.5 Å². The number of nitrogens with one attached hydrogen (secondary N) is 1. The minimum absolute atomic E-state index is 0.202. The Bertz CT molecular complexity index is 832. The highest BCUT2D eigenvalue weighted by atomic mass is 35.5. The Morgan fingerprint density at radius 3 is 2.64 bits per heavy atom. The Labute approximate surface area is 132 Å². The fourth-order valence-corrected chi connectivity index (χ4v) is 2.34. The molecule has 1 heterocycles. The Balaban J connectivity index is 1.97. The van der Waals surface area contributed by atoms with Crippen LogP contribution in [0, 0.1) is 0 Å². The Morgan fingerprint density at radius 1 is 1.14 bits per heavy atom. The zero-order valence-electron chi connectivity index (χ0n) is 11.8. The second-order valence-electron chi connectivity index (χ2n) is 4.68. The van der Waals surface area contributed by atoms with Gasteiger partial charge in [-0.3, -0.25) is 9.78 Å². The van der Waals surface area contributed by atoms with Gasteiger partial charge in [-0.15, -0.1) is 0 Å². The average Bonchev–Trinajstić information content (AvgIpc) is 2.55. The first-order chi connectivity index (χ1) is 10.7. The minimum atomic E-state index is -0.202. The summed E-state index contributed by atoms with van der Waals surface area (Å²) in [5, 5.41) is 4.31. The molecule has 0 saturated heterocycles. The molecule has 4 nitrogen and oxygen atoms in total. The zero-order valence-corrected chi connectivity index (χ0v) is 12.6. The summed E-state index contributed by atoms with van der Waals surface area (Å²) in [4.78, 5) is 16.6. The van der Waals surface area contributed by atoms with Crippen LogP contribution in [-0.4, -0.2) is 18.0 Å². The Morgan fingerprint density at radius 2 is 1.91 bits per heavy atom. The number of amides is 1. The molecule has 1 N–H and O–H groups in total. The van der Waals surface area contributed by atoms with Gasteiger partial charge in [0.05, 0.1) is 12.8 Å². The van der Waals surface area contributed by atoms with Gasteiger partial charge in [0.25, 0.3) is 5.91 Å². The van der Waals surface area contributed by atoms with Crippen LogP contribution in [0.25, 0.3) is 10.9 Å². The van der Waals surface area contributed by atoms with Gasteiger partial charge in [-0.25, -0.2) is 0 Å². The van der Waals surface area contributed by atoms with Crippen LogP contribution in [-0.2, 0) is 0 Å². The number of aromatic nitrogens is 1. The molecule has 1 aromatic heterocycles. The summed E-state index contributed by atoms with van der Waals surface area (Å²) in [6, 6.07) is 14.0. The van der Waals surface area contributed by atoms with Crippen LogP contribution in [0.4, 0.5) is 5.69 Å². The van der Waals surface area contributed by atoms with Crippen LogP contribution in [0.1, 0.15) is 10.4 Å². The molecule has 0 aliphatic carbocycles. The molecular weight excluding hydrogens is 300 g/mol. The first-order valence-electron chi connectivity index (χ1n) is 6.67. The van der Waals surface area contributed by atoms with Crippen molar-refractivity contribution >= 4 is 34.1 Å². The molecule has 110 valence electrons. The van der Waals surface area contributed by atoms with E-state index in [2.05, 4.69) is 10.3 Å². The number of hydrogen-bond acceptors (Lipinski definition) is 3. The third-order valence-electron chi connectivity index (χ3n) is 3.31. The highest BCUT2D eigenvalue weighted by Gasteiger charge is 2.11. The van der Waals surface area contributed by atoms with Crippen molar-refractivity contribution in [2.45, 2.75) is 0 Å². The number of anilines is 1. The van der Waals surface area contributed by atoms with Crippen molar-refractivity contribution in [3.05, 3.63) is 65.3 Å². The van der Waals surface area contributed by atoms with Gasteiger partial charge in [-0.1, -0.05) is 11.6 Å². The average molecular weight is 313 g/mol. The summed E-state index contributed by atoms with van der Waals surface area (Å²) in [5.74, 6) is 0.465. The van der Waals surface area contributed by atoms with E-state index in [1.54, 1.807) is 49.7 Å².